The number of carbonyl (C=O) groups excluding carboxylic acids is 1. The fourth-order valence-corrected chi connectivity index (χ4v) is 4.62. The van der Waals surface area contributed by atoms with Crippen LogP contribution in [0.2, 0.25) is 0 Å². The summed E-state index contributed by atoms with van der Waals surface area (Å²) >= 11 is 0. The van der Waals surface area contributed by atoms with Crippen LogP contribution < -0.4 is 5.32 Å². The van der Waals surface area contributed by atoms with Gasteiger partial charge in [-0.25, -0.2) is 0 Å². The lowest BCUT2D eigenvalue weighted by Gasteiger charge is -2.45. The van der Waals surface area contributed by atoms with Crippen LogP contribution in [-0.2, 0) is 16.9 Å². The van der Waals surface area contributed by atoms with Gasteiger partial charge < -0.3 is 15.2 Å². The summed E-state index contributed by atoms with van der Waals surface area (Å²) in [5.74, 6) is 0.193. The Bertz CT molecular complexity index is 810. The summed E-state index contributed by atoms with van der Waals surface area (Å²) in [5.41, 5.74) is 8.20. The minimum atomic E-state index is 0.0168. The third-order valence-corrected chi connectivity index (χ3v) is 6.07. The number of benzene rings is 1. The van der Waals surface area contributed by atoms with Crippen molar-refractivity contribution >= 4 is 16.8 Å². The van der Waals surface area contributed by atoms with Crippen LogP contribution in [0.3, 0.4) is 0 Å². The van der Waals surface area contributed by atoms with Crippen LogP contribution in [0, 0.1) is 20.8 Å². The van der Waals surface area contributed by atoms with Crippen LogP contribution >= 0.6 is 0 Å². The standard InChI is InChI=1S/C19H25N3O/c1-11-9-16-17-15(12(11)2)10-20-19(18(17)13(3)21-16)5-7-22(8-6-19)14(4)23/h9,20-21H,5-8,10H2,1-4H3. The maximum atomic E-state index is 11.7. The summed E-state index contributed by atoms with van der Waals surface area (Å²) in [4.78, 5) is 17.2. The lowest BCUT2D eigenvalue weighted by Crippen LogP contribution is -2.53. The first kappa shape index (κ1) is 14.8. The summed E-state index contributed by atoms with van der Waals surface area (Å²) < 4.78 is 0. The topological polar surface area (TPSA) is 48.1 Å². The summed E-state index contributed by atoms with van der Waals surface area (Å²) in [6.45, 7) is 10.9. The molecule has 1 saturated heterocycles. The van der Waals surface area contributed by atoms with Crippen molar-refractivity contribution < 1.29 is 4.79 Å². The van der Waals surface area contributed by atoms with E-state index in [1.165, 1.54) is 38.9 Å². The molecule has 2 aliphatic rings. The number of nitrogens with zero attached hydrogens (tertiary/aromatic N) is 1. The molecule has 0 atom stereocenters. The van der Waals surface area contributed by atoms with Crippen molar-refractivity contribution in [2.75, 3.05) is 13.1 Å². The summed E-state index contributed by atoms with van der Waals surface area (Å²) in [6.07, 6.45) is 1.99. The summed E-state index contributed by atoms with van der Waals surface area (Å²) in [6, 6.07) is 2.29. The van der Waals surface area contributed by atoms with Gasteiger partial charge in [0.25, 0.3) is 0 Å². The fourth-order valence-electron chi connectivity index (χ4n) is 4.62. The van der Waals surface area contributed by atoms with Crippen molar-refractivity contribution in [1.29, 1.82) is 0 Å². The van der Waals surface area contributed by atoms with E-state index in [1.807, 2.05) is 4.90 Å². The zero-order valence-corrected chi connectivity index (χ0v) is 14.5. The predicted molar refractivity (Wildman–Crippen MR) is 92.5 cm³/mol. The monoisotopic (exact) mass is 311 g/mol. The number of hydrogen-bond donors (Lipinski definition) is 2. The van der Waals surface area contributed by atoms with Gasteiger partial charge in [-0.1, -0.05) is 0 Å². The van der Waals surface area contributed by atoms with E-state index in [-0.39, 0.29) is 11.4 Å². The molecule has 4 heteroatoms. The maximum Gasteiger partial charge on any atom is 0.219 e. The predicted octanol–water partition coefficient (Wildman–Crippen LogP) is 3.03. The number of carbonyl (C=O) groups is 1. The molecule has 0 bridgehead atoms. The summed E-state index contributed by atoms with van der Waals surface area (Å²) in [7, 11) is 0. The quantitative estimate of drug-likeness (QED) is 0.785. The molecule has 0 radical (unpaired) electrons. The van der Waals surface area contributed by atoms with Crippen molar-refractivity contribution in [1.82, 2.24) is 15.2 Å². The molecule has 2 aromatic rings. The van der Waals surface area contributed by atoms with Crippen molar-refractivity contribution in [2.24, 2.45) is 0 Å². The van der Waals surface area contributed by atoms with E-state index in [4.69, 9.17) is 0 Å². The van der Waals surface area contributed by atoms with Crippen LogP contribution in [0.4, 0.5) is 0 Å². The maximum absolute atomic E-state index is 11.7. The van der Waals surface area contributed by atoms with E-state index in [0.717, 1.165) is 32.5 Å². The Labute approximate surface area is 137 Å². The average molecular weight is 311 g/mol. The van der Waals surface area contributed by atoms with Gasteiger partial charge in [-0.3, -0.25) is 4.79 Å². The van der Waals surface area contributed by atoms with E-state index in [2.05, 4.69) is 37.1 Å². The minimum absolute atomic E-state index is 0.0168. The van der Waals surface area contributed by atoms with Crippen LogP contribution in [0.5, 0.6) is 0 Å². The minimum Gasteiger partial charge on any atom is -0.358 e. The Balaban J connectivity index is 1.86. The van der Waals surface area contributed by atoms with Gasteiger partial charge in [0.15, 0.2) is 0 Å². The van der Waals surface area contributed by atoms with Crippen LogP contribution in [-0.4, -0.2) is 28.9 Å². The zero-order valence-electron chi connectivity index (χ0n) is 14.5. The second-order valence-electron chi connectivity index (χ2n) is 7.29. The molecule has 0 saturated carbocycles. The van der Waals surface area contributed by atoms with Crippen molar-refractivity contribution in [3.63, 3.8) is 0 Å². The zero-order chi connectivity index (χ0) is 16.4. The Morgan fingerprint density at radius 3 is 2.57 bits per heavy atom. The largest absolute Gasteiger partial charge is 0.358 e. The fraction of sp³-hybridized carbons (Fsp3) is 0.526. The van der Waals surface area contributed by atoms with E-state index in [9.17, 15) is 4.79 Å². The molecule has 2 aliphatic heterocycles. The second kappa shape index (κ2) is 4.84. The number of rotatable bonds is 0. The highest BCUT2D eigenvalue weighted by Gasteiger charge is 2.42. The molecule has 1 amide bonds. The molecular weight excluding hydrogens is 286 g/mol. The number of piperidine rings is 1. The number of aryl methyl sites for hydroxylation is 2. The summed E-state index contributed by atoms with van der Waals surface area (Å²) in [5, 5.41) is 5.28. The van der Waals surface area contributed by atoms with Crippen molar-refractivity contribution in [2.45, 2.75) is 52.6 Å². The van der Waals surface area contributed by atoms with Gasteiger partial charge in [-0.05, 0) is 56.4 Å². The van der Waals surface area contributed by atoms with Crippen LogP contribution in [0.25, 0.3) is 10.9 Å². The molecule has 23 heavy (non-hydrogen) atoms. The highest BCUT2D eigenvalue weighted by atomic mass is 16.2. The number of likely N-dealkylation sites (tertiary alicyclic amines) is 1. The first-order chi connectivity index (χ1) is 10.9. The van der Waals surface area contributed by atoms with E-state index in [1.54, 1.807) is 6.92 Å². The highest BCUT2D eigenvalue weighted by Crippen LogP contribution is 2.44. The number of aromatic nitrogens is 1. The molecule has 1 fully saturated rings. The number of fused-ring (bicyclic) bond motifs is 1. The molecule has 0 aliphatic carbocycles. The van der Waals surface area contributed by atoms with Gasteiger partial charge in [-0.2, -0.15) is 0 Å². The van der Waals surface area contributed by atoms with E-state index < -0.39 is 0 Å². The van der Waals surface area contributed by atoms with Gasteiger partial charge in [0.2, 0.25) is 5.91 Å². The Kier molecular flexibility index (Phi) is 3.11. The molecule has 2 N–H and O–H groups in total. The van der Waals surface area contributed by atoms with Crippen molar-refractivity contribution in [3.8, 4) is 0 Å². The lowest BCUT2D eigenvalue weighted by atomic mass is 9.75. The van der Waals surface area contributed by atoms with Crippen LogP contribution in [0.1, 0.15) is 47.7 Å². The number of hydrogen-bond acceptors (Lipinski definition) is 2. The third kappa shape index (κ3) is 1.97. The molecule has 1 aromatic heterocycles. The van der Waals surface area contributed by atoms with Gasteiger partial charge in [0.1, 0.15) is 0 Å². The third-order valence-electron chi connectivity index (χ3n) is 6.07. The molecular formula is C19H25N3O. The smallest absolute Gasteiger partial charge is 0.219 e. The molecule has 1 spiro atoms. The number of H-pyrrole nitrogens is 1. The molecule has 122 valence electrons. The Morgan fingerprint density at radius 1 is 1.22 bits per heavy atom. The highest BCUT2D eigenvalue weighted by molar-refractivity contribution is 5.91. The normalized spacial score (nSPS) is 19.6. The SMILES string of the molecule is CC(=O)N1CCC2(CC1)NCc1c(C)c(C)cc3[nH]c(C)c2c13. The lowest BCUT2D eigenvalue weighted by molar-refractivity contribution is -0.130. The van der Waals surface area contributed by atoms with E-state index >= 15 is 0 Å². The number of amides is 1. The van der Waals surface area contributed by atoms with Gasteiger partial charge in [-0.15, -0.1) is 0 Å². The van der Waals surface area contributed by atoms with Crippen LogP contribution in [0.15, 0.2) is 6.07 Å². The molecule has 3 heterocycles. The Hall–Kier alpha value is -1.81. The van der Waals surface area contributed by atoms with Gasteiger partial charge in [0, 0.05) is 54.3 Å². The van der Waals surface area contributed by atoms with Gasteiger partial charge in [0.05, 0.1) is 0 Å². The first-order valence-electron chi connectivity index (χ1n) is 8.55. The number of nitrogens with one attached hydrogen (secondary N) is 2. The second-order valence-corrected chi connectivity index (χ2v) is 7.29. The average Bonchev–Trinajstić information content (AvgIpc) is 2.85. The molecule has 0 unspecified atom stereocenters. The number of aromatic amines is 1. The molecule has 1 aromatic carbocycles. The van der Waals surface area contributed by atoms with Crippen molar-refractivity contribution in [3.05, 3.63) is 34.0 Å². The molecule has 4 rings (SSSR count). The molecule has 4 nitrogen and oxygen atoms in total. The van der Waals surface area contributed by atoms with E-state index in [0.29, 0.717) is 0 Å². The Morgan fingerprint density at radius 2 is 1.91 bits per heavy atom. The first-order valence-corrected chi connectivity index (χ1v) is 8.55. The van der Waals surface area contributed by atoms with Gasteiger partial charge >= 0.3 is 0 Å².